The molecule has 3 atom stereocenters. The number of nitrogens with zero attached hydrogens (tertiary/aromatic N) is 1. The molecule has 134 valence electrons. The molecule has 0 saturated carbocycles. The number of aliphatic hydroxyl groups excluding tert-OH is 1. The number of ether oxygens (including phenoxy) is 2. The van der Waals surface area contributed by atoms with E-state index in [0.717, 1.165) is 43.9 Å². The first kappa shape index (κ1) is 16.6. The standard InChI is InChI=1S/C20H25NO4/c22-19-10-12-23-14-17(19)18-7-4-11-21(18)13-16-8-9-20(25-16)24-15-5-2-1-3-6-15/h1-3,5-6,8-9,17-19,22H,4,7,10-14H2/t17-,18+,19-/m1/s1. The molecular formula is C20H25NO4. The van der Waals surface area contributed by atoms with Gasteiger partial charge in [0.15, 0.2) is 0 Å². The van der Waals surface area contributed by atoms with Gasteiger partial charge in [0.2, 0.25) is 0 Å². The molecule has 5 nitrogen and oxygen atoms in total. The van der Waals surface area contributed by atoms with Crippen LogP contribution in [0.3, 0.4) is 0 Å². The maximum atomic E-state index is 10.3. The van der Waals surface area contributed by atoms with Crippen LogP contribution in [0.25, 0.3) is 0 Å². The first-order valence-corrected chi connectivity index (χ1v) is 9.11. The molecular weight excluding hydrogens is 318 g/mol. The lowest BCUT2D eigenvalue weighted by Gasteiger charge is -2.36. The predicted molar refractivity (Wildman–Crippen MR) is 93.6 cm³/mol. The molecule has 2 aromatic rings. The van der Waals surface area contributed by atoms with Crippen molar-refractivity contribution in [2.24, 2.45) is 5.92 Å². The Labute approximate surface area is 148 Å². The zero-order valence-electron chi connectivity index (χ0n) is 14.3. The van der Waals surface area contributed by atoms with Crippen LogP contribution in [-0.2, 0) is 11.3 Å². The van der Waals surface area contributed by atoms with E-state index in [1.807, 2.05) is 42.5 Å². The molecule has 0 aliphatic carbocycles. The van der Waals surface area contributed by atoms with Crippen LogP contribution in [0.4, 0.5) is 0 Å². The normalized spacial score (nSPS) is 27.5. The number of hydrogen-bond donors (Lipinski definition) is 1. The third-order valence-corrected chi connectivity index (χ3v) is 5.23. The minimum atomic E-state index is -0.257. The topological polar surface area (TPSA) is 55.1 Å². The summed E-state index contributed by atoms with van der Waals surface area (Å²) in [7, 11) is 0. The molecule has 0 unspecified atom stereocenters. The molecule has 0 spiro atoms. The molecule has 4 rings (SSSR count). The monoisotopic (exact) mass is 343 g/mol. The van der Waals surface area contributed by atoms with Crippen LogP contribution < -0.4 is 4.74 Å². The van der Waals surface area contributed by atoms with Crippen molar-refractivity contribution >= 4 is 0 Å². The van der Waals surface area contributed by atoms with Gasteiger partial charge in [-0.2, -0.15) is 0 Å². The van der Waals surface area contributed by atoms with E-state index in [1.165, 1.54) is 0 Å². The smallest absolute Gasteiger partial charge is 0.290 e. The zero-order chi connectivity index (χ0) is 17.1. The maximum absolute atomic E-state index is 10.3. The molecule has 2 aliphatic heterocycles. The average Bonchev–Trinajstić information content (AvgIpc) is 3.26. The van der Waals surface area contributed by atoms with Crippen molar-refractivity contribution in [3.63, 3.8) is 0 Å². The van der Waals surface area contributed by atoms with Crippen LogP contribution in [0.1, 0.15) is 25.0 Å². The van der Waals surface area contributed by atoms with E-state index in [0.29, 0.717) is 25.2 Å². The van der Waals surface area contributed by atoms with E-state index < -0.39 is 0 Å². The Kier molecular flexibility index (Phi) is 5.06. The van der Waals surface area contributed by atoms with Crippen molar-refractivity contribution in [2.45, 2.75) is 38.0 Å². The number of furan rings is 1. The zero-order valence-corrected chi connectivity index (χ0v) is 14.3. The molecule has 0 amide bonds. The average molecular weight is 343 g/mol. The molecule has 1 aromatic heterocycles. The van der Waals surface area contributed by atoms with Crippen molar-refractivity contribution in [1.29, 1.82) is 0 Å². The highest BCUT2D eigenvalue weighted by molar-refractivity contribution is 5.26. The van der Waals surface area contributed by atoms with E-state index >= 15 is 0 Å². The number of hydrogen-bond acceptors (Lipinski definition) is 5. The van der Waals surface area contributed by atoms with Crippen LogP contribution in [-0.4, -0.2) is 41.9 Å². The van der Waals surface area contributed by atoms with Gasteiger partial charge < -0.3 is 19.0 Å². The van der Waals surface area contributed by atoms with Crippen LogP contribution >= 0.6 is 0 Å². The Morgan fingerprint density at radius 2 is 2.00 bits per heavy atom. The van der Waals surface area contributed by atoms with Crippen LogP contribution in [0, 0.1) is 5.92 Å². The van der Waals surface area contributed by atoms with E-state index in [1.54, 1.807) is 0 Å². The third-order valence-electron chi connectivity index (χ3n) is 5.23. The molecule has 0 radical (unpaired) electrons. The van der Waals surface area contributed by atoms with Gasteiger partial charge in [-0.15, -0.1) is 0 Å². The number of rotatable bonds is 5. The summed E-state index contributed by atoms with van der Waals surface area (Å²) < 4.78 is 17.2. The van der Waals surface area contributed by atoms with Crippen LogP contribution in [0.15, 0.2) is 46.9 Å². The largest absolute Gasteiger partial charge is 0.429 e. The van der Waals surface area contributed by atoms with Crippen molar-refractivity contribution in [3.8, 4) is 11.7 Å². The fraction of sp³-hybridized carbons (Fsp3) is 0.500. The minimum absolute atomic E-state index is 0.200. The lowest BCUT2D eigenvalue weighted by atomic mass is 9.89. The molecule has 3 heterocycles. The summed E-state index contributed by atoms with van der Waals surface area (Å²) >= 11 is 0. The van der Waals surface area contributed by atoms with Gasteiger partial charge in [0.1, 0.15) is 11.5 Å². The summed E-state index contributed by atoms with van der Waals surface area (Å²) in [5.41, 5.74) is 0. The SMILES string of the molecule is O[C@@H]1CCOC[C@@H]1[C@@H]1CCCN1Cc1ccc(Oc2ccccc2)o1. The highest BCUT2D eigenvalue weighted by Crippen LogP contribution is 2.32. The number of para-hydroxylation sites is 1. The van der Waals surface area contributed by atoms with E-state index in [2.05, 4.69) is 4.90 Å². The Hall–Kier alpha value is -1.82. The van der Waals surface area contributed by atoms with Crippen molar-refractivity contribution in [1.82, 2.24) is 4.90 Å². The van der Waals surface area contributed by atoms with E-state index in [4.69, 9.17) is 13.9 Å². The Morgan fingerprint density at radius 3 is 2.84 bits per heavy atom. The highest BCUT2D eigenvalue weighted by Gasteiger charge is 2.37. The highest BCUT2D eigenvalue weighted by atomic mass is 16.6. The maximum Gasteiger partial charge on any atom is 0.290 e. The van der Waals surface area contributed by atoms with Gasteiger partial charge in [0.25, 0.3) is 5.95 Å². The van der Waals surface area contributed by atoms with Crippen LogP contribution in [0.2, 0.25) is 0 Å². The predicted octanol–water partition coefficient (Wildman–Crippen LogP) is 3.43. The first-order chi connectivity index (χ1) is 12.3. The van der Waals surface area contributed by atoms with Gasteiger partial charge in [-0.1, -0.05) is 18.2 Å². The molecule has 2 aliphatic rings. The summed E-state index contributed by atoms with van der Waals surface area (Å²) in [6, 6.07) is 13.8. The summed E-state index contributed by atoms with van der Waals surface area (Å²) in [5.74, 6) is 2.37. The lowest BCUT2D eigenvalue weighted by molar-refractivity contribution is -0.0642. The fourth-order valence-corrected chi connectivity index (χ4v) is 3.95. The summed E-state index contributed by atoms with van der Waals surface area (Å²) in [4.78, 5) is 2.41. The van der Waals surface area contributed by atoms with Crippen molar-refractivity contribution in [3.05, 3.63) is 48.2 Å². The fourth-order valence-electron chi connectivity index (χ4n) is 3.95. The molecule has 2 saturated heterocycles. The molecule has 1 N–H and O–H groups in total. The second kappa shape index (κ2) is 7.60. The first-order valence-electron chi connectivity index (χ1n) is 9.11. The van der Waals surface area contributed by atoms with E-state index in [9.17, 15) is 5.11 Å². The Morgan fingerprint density at radius 1 is 1.12 bits per heavy atom. The molecule has 0 bridgehead atoms. The van der Waals surface area contributed by atoms with Gasteiger partial charge >= 0.3 is 0 Å². The summed E-state index contributed by atoms with van der Waals surface area (Å²) in [6.07, 6.45) is 2.75. The molecule has 1 aromatic carbocycles. The van der Waals surface area contributed by atoms with Gasteiger partial charge in [0, 0.05) is 24.6 Å². The minimum Gasteiger partial charge on any atom is -0.429 e. The Bertz CT molecular complexity index is 671. The van der Waals surface area contributed by atoms with Crippen molar-refractivity contribution < 1.29 is 19.0 Å². The lowest BCUT2D eigenvalue weighted by Crippen LogP contribution is -2.45. The van der Waals surface area contributed by atoms with Gasteiger partial charge in [-0.3, -0.25) is 4.90 Å². The van der Waals surface area contributed by atoms with Gasteiger partial charge in [-0.05, 0) is 44.0 Å². The van der Waals surface area contributed by atoms with E-state index in [-0.39, 0.29) is 12.0 Å². The van der Waals surface area contributed by atoms with Gasteiger partial charge in [0.05, 0.1) is 19.3 Å². The number of benzene rings is 1. The third kappa shape index (κ3) is 3.89. The molecule has 5 heteroatoms. The summed E-state index contributed by atoms with van der Waals surface area (Å²) in [5, 5.41) is 10.3. The molecule has 25 heavy (non-hydrogen) atoms. The quantitative estimate of drug-likeness (QED) is 0.901. The second-order valence-corrected chi connectivity index (χ2v) is 6.91. The van der Waals surface area contributed by atoms with Gasteiger partial charge in [-0.25, -0.2) is 0 Å². The number of likely N-dealkylation sites (tertiary alicyclic amines) is 1. The molecule has 2 fully saturated rings. The second-order valence-electron chi connectivity index (χ2n) is 6.91. The van der Waals surface area contributed by atoms with Crippen molar-refractivity contribution in [2.75, 3.05) is 19.8 Å². The summed E-state index contributed by atoms with van der Waals surface area (Å²) in [6.45, 7) is 3.10. The number of aliphatic hydroxyl groups is 1. The van der Waals surface area contributed by atoms with Crippen LogP contribution in [0.5, 0.6) is 11.7 Å². The Balaban J connectivity index is 1.39.